The van der Waals surface area contributed by atoms with Gasteiger partial charge in [0.2, 0.25) is 0 Å². The molecule has 31 heavy (non-hydrogen) atoms. The Hall–Kier alpha value is -4.13. The molecule has 2 aliphatic rings. The van der Waals surface area contributed by atoms with E-state index >= 15 is 0 Å². The Labute approximate surface area is 179 Å². The average molecular weight is 416 g/mol. The van der Waals surface area contributed by atoms with Crippen molar-refractivity contribution >= 4 is 29.2 Å². The standard InChI is InChI=1S/C24H20N2O5/c1-14(2)24(29)31-13-12-30-17-10-8-16(9-11-17)21-19-18(22(27)26-21)20(25-23(19)28)15-6-4-3-5-7-15/h3-11H,1,12-13H2,2H3,(H,25,28)(H,26,27). The molecule has 0 bridgehead atoms. The predicted molar refractivity (Wildman–Crippen MR) is 114 cm³/mol. The molecule has 2 heterocycles. The van der Waals surface area contributed by atoms with Gasteiger partial charge in [0.1, 0.15) is 19.0 Å². The van der Waals surface area contributed by atoms with Crippen molar-refractivity contribution in [2.24, 2.45) is 0 Å². The van der Waals surface area contributed by atoms with Crippen LogP contribution in [-0.2, 0) is 19.1 Å². The van der Waals surface area contributed by atoms with E-state index in [4.69, 9.17) is 9.47 Å². The second kappa shape index (κ2) is 8.31. The van der Waals surface area contributed by atoms with Crippen molar-refractivity contribution in [1.29, 1.82) is 0 Å². The van der Waals surface area contributed by atoms with Crippen LogP contribution in [0.3, 0.4) is 0 Å². The van der Waals surface area contributed by atoms with Crippen LogP contribution < -0.4 is 15.4 Å². The molecular formula is C24H20N2O5. The van der Waals surface area contributed by atoms with Gasteiger partial charge in [-0.25, -0.2) is 4.79 Å². The fraction of sp³-hybridized carbons (Fsp3) is 0.125. The quantitative estimate of drug-likeness (QED) is 0.411. The van der Waals surface area contributed by atoms with E-state index < -0.39 is 5.97 Å². The molecule has 2 amide bonds. The van der Waals surface area contributed by atoms with Crippen LogP contribution in [0.1, 0.15) is 18.1 Å². The van der Waals surface area contributed by atoms with Gasteiger partial charge in [-0.3, -0.25) is 9.59 Å². The van der Waals surface area contributed by atoms with E-state index in [1.165, 1.54) is 0 Å². The van der Waals surface area contributed by atoms with E-state index in [1.807, 2.05) is 30.3 Å². The topological polar surface area (TPSA) is 93.7 Å². The summed E-state index contributed by atoms with van der Waals surface area (Å²) in [4.78, 5) is 36.6. The maximum absolute atomic E-state index is 12.6. The van der Waals surface area contributed by atoms with E-state index in [-0.39, 0.29) is 25.0 Å². The number of nitrogens with one attached hydrogen (secondary N) is 2. The number of carbonyl (C=O) groups is 3. The van der Waals surface area contributed by atoms with Gasteiger partial charge < -0.3 is 20.1 Å². The molecular weight excluding hydrogens is 396 g/mol. The third kappa shape index (κ3) is 3.98. The zero-order valence-electron chi connectivity index (χ0n) is 16.9. The molecule has 7 heteroatoms. The lowest BCUT2D eigenvalue weighted by molar-refractivity contribution is -0.139. The number of amides is 2. The summed E-state index contributed by atoms with van der Waals surface area (Å²) in [5.41, 5.74) is 3.45. The first-order chi connectivity index (χ1) is 15.0. The van der Waals surface area contributed by atoms with Gasteiger partial charge in [-0.05, 0) is 42.3 Å². The molecule has 0 radical (unpaired) electrons. The number of ether oxygens (including phenoxy) is 2. The van der Waals surface area contributed by atoms with Crippen molar-refractivity contribution in [3.05, 3.63) is 89.0 Å². The van der Waals surface area contributed by atoms with E-state index in [9.17, 15) is 14.4 Å². The molecule has 0 aliphatic carbocycles. The minimum atomic E-state index is -0.460. The lowest BCUT2D eigenvalue weighted by Gasteiger charge is -2.09. The number of rotatable bonds is 7. The average Bonchev–Trinajstić information content (AvgIpc) is 3.30. The van der Waals surface area contributed by atoms with Crippen molar-refractivity contribution in [1.82, 2.24) is 10.6 Å². The van der Waals surface area contributed by atoms with Gasteiger partial charge in [0.15, 0.2) is 0 Å². The lowest BCUT2D eigenvalue weighted by Crippen LogP contribution is -2.21. The number of benzene rings is 2. The van der Waals surface area contributed by atoms with Crippen LogP contribution in [0.5, 0.6) is 5.75 Å². The number of fused-ring (bicyclic) bond motifs is 1. The summed E-state index contributed by atoms with van der Waals surface area (Å²) in [5, 5.41) is 5.63. The molecule has 0 atom stereocenters. The van der Waals surface area contributed by atoms with Gasteiger partial charge in [0.05, 0.1) is 22.5 Å². The van der Waals surface area contributed by atoms with Gasteiger partial charge in [-0.2, -0.15) is 0 Å². The fourth-order valence-corrected chi connectivity index (χ4v) is 3.35. The van der Waals surface area contributed by atoms with Gasteiger partial charge in [-0.15, -0.1) is 0 Å². The summed E-state index contributed by atoms with van der Waals surface area (Å²) < 4.78 is 10.5. The second-order valence-corrected chi connectivity index (χ2v) is 7.06. The van der Waals surface area contributed by atoms with Gasteiger partial charge in [0.25, 0.3) is 11.8 Å². The maximum atomic E-state index is 12.6. The Morgan fingerprint density at radius 2 is 1.39 bits per heavy atom. The Kier molecular flexibility index (Phi) is 5.41. The summed E-state index contributed by atoms with van der Waals surface area (Å²) in [6.07, 6.45) is 0. The lowest BCUT2D eigenvalue weighted by atomic mass is 10.0. The molecule has 2 N–H and O–H groups in total. The third-order valence-electron chi connectivity index (χ3n) is 4.82. The first-order valence-corrected chi connectivity index (χ1v) is 9.68. The normalized spacial score (nSPS) is 14.9. The molecule has 2 aliphatic heterocycles. The summed E-state index contributed by atoms with van der Waals surface area (Å²) in [5.74, 6) is -0.525. The molecule has 0 aromatic heterocycles. The Balaban J connectivity index is 1.52. The van der Waals surface area contributed by atoms with E-state index in [1.54, 1.807) is 31.2 Å². The molecule has 2 aromatic rings. The van der Waals surface area contributed by atoms with Gasteiger partial charge in [-0.1, -0.05) is 36.9 Å². The fourth-order valence-electron chi connectivity index (χ4n) is 3.35. The maximum Gasteiger partial charge on any atom is 0.333 e. The molecule has 0 saturated carbocycles. The summed E-state index contributed by atoms with van der Waals surface area (Å²) in [6.45, 7) is 5.39. The number of esters is 1. The van der Waals surface area contributed by atoms with Crippen LogP contribution in [0.25, 0.3) is 11.4 Å². The predicted octanol–water partition coefficient (Wildman–Crippen LogP) is 2.57. The van der Waals surface area contributed by atoms with Crippen LogP contribution in [0.2, 0.25) is 0 Å². The summed E-state index contributed by atoms with van der Waals surface area (Å²) in [6, 6.07) is 16.2. The first-order valence-electron chi connectivity index (χ1n) is 9.68. The molecule has 7 nitrogen and oxygen atoms in total. The molecule has 0 saturated heterocycles. The molecule has 0 unspecified atom stereocenters. The van der Waals surface area contributed by atoms with E-state index in [0.29, 0.717) is 39.4 Å². The zero-order chi connectivity index (χ0) is 22.0. The highest BCUT2D eigenvalue weighted by Crippen LogP contribution is 2.37. The Bertz CT molecular complexity index is 1140. The minimum absolute atomic E-state index is 0.107. The number of hydrogen-bond acceptors (Lipinski definition) is 5. The molecule has 0 spiro atoms. The smallest absolute Gasteiger partial charge is 0.333 e. The largest absolute Gasteiger partial charge is 0.490 e. The molecule has 2 aromatic carbocycles. The zero-order valence-corrected chi connectivity index (χ0v) is 16.9. The molecule has 0 fully saturated rings. The van der Waals surface area contributed by atoms with Crippen molar-refractivity contribution in [2.75, 3.05) is 13.2 Å². The summed E-state index contributed by atoms with van der Waals surface area (Å²) in [7, 11) is 0. The number of carbonyl (C=O) groups excluding carboxylic acids is 3. The van der Waals surface area contributed by atoms with Crippen molar-refractivity contribution in [2.45, 2.75) is 6.92 Å². The van der Waals surface area contributed by atoms with Crippen LogP contribution in [0.15, 0.2) is 77.9 Å². The second-order valence-electron chi connectivity index (χ2n) is 7.06. The van der Waals surface area contributed by atoms with Crippen LogP contribution in [0.4, 0.5) is 0 Å². The molecule has 156 valence electrons. The monoisotopic (exact) mass is 416 g/mol. The van der Waals surface area contributed by atoms with Gasteiger partial charge >= 0.3 is 5.97 Å². The Morgan fingerprint density at radius 1 is 0.839 bits per heavy atom. The molecule has 4 rings (SSSR count). The highest BCUT2D eigenvalue weighted by Gasteiger charge is 2.40. The first kappa shape index (κ1) is 20.2. The Morgan fingerprint density at radius 3 is 1.94 bits per heavy atom. The number of hydrogen-bond donors (Lipinski definition) is 2. The highest BCUT2D eigenvalue weighted by atomic mass is 16.6. The highest BCUT2D eigenvalue weighted by molar-refractivity contribution is 6.30. The SMILES string of the molecule is C=C(C)C(=O)OCCOc1ccc(C2=C3C(=O)NC(c4ccccc4)=C3C(=O)N2)cc1. The minimum Gasteiger partial charge on any atom is -0.490 e. The van der Waals surface area contributed by atoms with Gasteiger partial charge in [0, 0.05) is 5.57 Å². The van der Waals surface area contributed by atoms with E-state index in [0.717, 1.165) is 5.56 Å². The van der Waals surface area contributed by atoms with Crippen molar-refractivity contribution < 1.29 is 23.9 Å². The van der Waals surface area contributed by atoms with Crippen LogP contribution in [0, 0.1) is 0 Å². The van der Waals surface area contributed by atoms with Crippen molar-refractivity contribution in [3.63, 3.8) is 0 Å². The van der Waals surface area contributed by atoms with Crippen LogP contribution in [-0.4, -0.2) is 31.0 Å². The summed E-state index contributed by atoms with van der Waals surface area (Å²) >= 11 is 0. The van der Waals surface area contributed by atoms with Crippen molar-refractivity contribution in [3.8, 4) is 5.75 Å². The van der Waals surface area contributed by atoms with Crippen LogP contribution >= 0.6 is 0 Å². The third-order valence-corrected chi connectivity index (χ3v) is 4.82. The van der Waals surface area contributed by atoms with E-state index in [2.05, 4.69) is 17.2 Å².